The highest BCUT2D eigenvalue weighted by atomic mass is 35.5. The fourth-order valence-electron chi connectivity index (χ4n) is 4.67. The molecule has 1 spiro atoms. The summed E-state index contributed by atoms with van der Waals surface area (Å²) < 4.78 is 45.9. The van der Waals surface area contributed by atoms with Gasteiger partial charge < -0.3 is 19.5 Å². The van der Waals surface area contributed by atoms with Gasteiger partial charge in [-0.3, -0.25) is 9.59 Å². The summed E-state index contributed by atoms with van der Waals surface area (Å²) in [6, 6.07) is 7.41. The van der Waals surface area contributed by atoms with Crippen molar-refractivity contribution in [2.24, 2.45) is 0 Å². The number of hydrogen-bond donors (Lipinski definition) is 1. The number of nitrogens with zero attached hydrogens (tertiary/aromatic N) is 2. The molecule has 0 aliphatic carbocycles. The van der Waals surface area contributed by atoms with E-state index < -0.39 is 17.5 Å². The Kier molecular flexibility index (Phi) is 5.75. The number of benzene rings is 1. The van der Waals surface area contributed by atoms with Crippen LogP contribution in [0.4, 0.5) is 13.2 Å². The first-order chi connectivity index (χ1) is 15.1. The number of ketones is 1. The molecule has 10 heteroatoms. The van der Waals surface area contributed by atoms with Crippen molar-refractivity contribution in [3.05, 3.63) is 52.3 Å². The lowest BCUT2D eigenvalue weighted by molar-refractivity contribution is -0.0892. The van der Waals surface area contributed by atoms with Crippen LogP contribution in [0.25, 0.3) is 0 Å². The van der Waals surface area contributed by atoms with Gasteiger partial charge in [-0.15, -0.1) is 0 Å². The van der Waals surface area contributed by atoms with Crippen LogP contribution in [-0.4, -0.2) is 54.1 Å². The Morgan fingerprint density at radius 2 is 1.88 bits per heavy atom. The van der Waals surface area contributed by atoms with Gasteiger partial charge in [-0.2, -0.15) is 13.2 Å². The predicted octanol–water partition coefficient (Wildman–Crippen LogP) is 4.19. The average molecular weight is 470 g/mol. The van der Waals surface area contributed by atoms with E-state index in [-0.39, 0.29) is 17.6 Å². The number of Topliss-reactive ketones (excluding diaryl/α,β-unsaturated/α-hetero) is 1. The number of carbonyl (C=O) groups is 2. The Hall–Kier alpha value is -2.52. The SMILES string of the molecule is COc1ccc(C(=O)N2CCC3(CC2)NCC(C)n2c(C(=O)C(F)(F)F)ccc23)cc1Cl. The van der Waals surface area contributed by atoms with Crippen LogP contribution in [0, 0.1) is 0 Å². The van der Waals surface area contributed by atoms with E-state index in [4.69, 9.17) is 16.3 Å². The van der Waals surface area contributed by atoms with Crippen LogP contribution in [0.3, 0.4) is 0 Å². The topological polar surface area (TPSA) is 63.6 Å². The van der Waals surface area contributed by atoms with Crippen LogP contribution in [0.5, 0.6) is 5.75 Å². The molecule has 0 saturated carbocycles. The van der Waals surface area contributed by atoms with Gasteiger partial charge >= 0.3 is 6.18 Å². The molecule has 1 unspecified atom stereocenters. The highest BCUT2D eigenvalue weighted by molar-refractivity contribution is 6.32. The molecule has 2 aliphatic heterocycles. The molecule has 4 rings (SSSR count). The lowest BCUT2D eigenvalue weighted by atomic mass is 9.82. The number of halogens is 4. The van der Waals surface area contributed by atoms with Crippen LogP contribution in [0.2, 0.25) is 5.02 Å². The van der Waals surface area contributed by atoms with Gasteiger partial charge in [0.05, 0.1) is 23.4 Å². The molecular formula is C22H23ClF3N3O3. The van der Waals surface area contributed by atoms with Gasteiger partial charge in [0.15, 0.2) is 0 Å². The lowest BCUT2D eigenvalue weighted by Crippen LogP contribution is -2.57. The molecule has 1 atom stereocenters. The zero-order chi connectivity index (χ0) is 23.3. The van der Waals surface area contributed by atoms with E-state index in [1.165, 1.54) is 17.7 Å². The maximum Gasteiger partial charge on any atom is 0.456 e. The minimum absolute atomic E-state index is 0.170. The van der Waals surface area contributed by atoms with Gasteiger partial charge in [-0.25, -0.2) is 0 Å². The van der Waals surface area contributed by atoms with Crippen molar-refractivity contribution in [1.29, 1.82) is 0 Å². The van der Waals surface area contributed by atoms with Gasteiger partial charge in [0.2, 0.25) is 0 Å². The Balaban J connectivity index is 1.56. The number of amides is 1. The quantitative estimate of drug-likeness (QED) is 0.685. The Morgan fingerprint density at radius 1 is 1.19 bits per heavy atom. The third kappa shape index (κ3) is 3.77. The summed E-state index contributed by atoms with van der Waals surface area (Å²) in [5.74, 6) is -1.53. The molecular weight excluding hydrogens is 447 g/mol. The first-order valence-electron chi connectivity index (χ1n) is 10.3. The fraction of sp³-hybridized carbons (Fsp3) is 0.455. The first kappa shape index (κ1) is 22.7. The minimum atomic E-state index is -4.93. The third-order valence-electron chi connectivity index (χ3n) is 6.38. The third-order valence-corrected chi connectivity index (χ3v) is 6.67. The summed E-state index contributed by atoms with van der Waals surface area (Å²) in [7, 11) is 1.49. The highest BCUT2D eigenvalue weighted by Gasteiger charge is 2.47. The molecule has 172 valence electrons. The monoisotopic (exact) mass is 469 g/mol. The summed E-state index contributed by atoms with van der Waals surface area (Å²) in [5, 5.41) is 3.81. The van der Waals surface area contributed by atoms with Crippen molar-refractivity contribution < 1.29 is 27.5 Å². The number of piperidine rings is 1. The van der Waals surface area contributed by atoms with Crippen molar-refractivity contribution in [2.45, 2.75) is 37.5 Å². The van der Waals surface area contributed by atoms with E-state index in [0.717, 1.165) is 0 Å². The lowest BCUT2D eigenvalue weighted by Gasteiger charge is -2.47. The Labute approximate surface area is 188 Å². The number of carbonyl (C=O) groups excluding carboxylic acids is 2. The fourth-order valence-corrected chi connectivity index (χ4v) is 4.93. The van der Waals surface area contributed by atoms with Crippen LogP contribution in [0.15, 0.2) is 30.3 Å². The van der Waals surface area contributed by atoms with E-state index in [0.29, 0.717) is 54.5 Å². The Morgan fingerprint density at radius 3 is 2.47 bits per heavy atom. The van der Waals surface area contributed by atoms with Gasteiger partial charge in [0, 0.05) is 36.9 Å². The van der Waals surface area contributed by atoms with Gasteiger partial charge in [-0.05, 0) is 50.1 Å². The average Bonchev–Trinajstić information content (AvgIpc) is 3.22. The van der Waals surface area contributed by atoms with Crippen molar-refractivity contribution in [2.75, 3.05) is 26.7 Å². The number of nitrogens with one attached hydrogen (secondary N) is 1. The number of fused-ring (bicyclic) bond motifs is 2. The second-order valence-corrected chi connectivity index (χ2v) is 8.66. The molecule has 1 aromatic carbocycles. The molecule has 32 heavy (non-hydrogen) atoms. The molecule has 2 aliphatic rings. The Bertz CT molecular complexity index is 1060. The molecule has 1 fully saturated rings. The second kappa shape index (κ2) is 8.12. The smallest absolute Gasteiger partial charge is 0.456 e. The van der Waals surface area contributed by atoms with Crippen LogP contribution in [-0.2, 0) is 5.54 Å². The number of methoxy groups -OCH3 is 1. The zero-order valence-corrected chi connectivity index (χ0v) is 18.4. The molecule has 1 aromatic heterocycles. The molecule has 0 bridgehead atoms. The molecule has 1 amide bonds. The predicted molar refractivity (Wildman–Crippen MR) is 112 cm³/mol. The number of hydrogen-bond acceptors (Lipinski definition) is 4. The standard InChI is InChI=1S/C22H23ClF3N3O3/c1-13-12-27-21(18-6-4-16(29(13)18)19(30)22(24,25)26)7-9-28(10-8-21)20(31)14-3-5-17(32-2)15(23)11-14/h3-6,11,13,27H,7-10,12H2,1-2H3. The van der Waals surface area contributed by atoms with Crippen molar-refractivity contribution >= 4 is 23.3 Å². The van der Waals surface area contributed by atoms with E-state index in [2.05, 4.69) is 5.32 Å². The van der Waals surface area contributed by atoms with Gasteiger partial charge in [0.1, 0.15) is 5.75 Å². The number of aromatic nitrogens is 1. The summed E-state index contributed by atoms with van der Waals surface area (Å²) in [4.78, 5) is 26.6. The van der Waals surface area contributed by atoms with Crippen molar-refractivity contribution in [1.82, 2.24) is 14.8 Å². The van der Waals surface area contributed by atoms with E-state index >= 15 is 0 Å². The summed E-state index contributed by atoms with van der Waals surface area (Å²) >= 11 is 6.14. The normalized spacial score (nSPS) is 20.2. The maximum absolute atomic E-state index is 13.1. The molecule has 6 nitrogen and oxygen atoms in total. The van der Waals surface area contributed by atoms with Gasteiger partial charge in [-0.1, -0.05) is 11.6 Å². The number of likely N-dealkylation sites (tertiary alicyclic amines) is 1. The first-order valence-corrected chi connectivity index (χ1v) is 10.7. The minimum Gasteiger partial charge on any atom is -0.495 e. The summed E-state index contributed by atoms with van der Waals surface area (Å²) in [6.07, 6.45) is -3.90. The van der Waals surface area contributed by atoms with Crippen LogP contribution in [0.1, 0.15) is 52.3 Å². The molecule has 0 radical (unpaired) electrons. The summed E-state index contributed by atoms with van der Waals surface area (Å²) in [6.45, 7) is 3.04. The van der Waals surface area contributed by atoms with E-state index in [1.807, 2.05) is 0 Å². The molecule has 1 N–H and O–H groups in total. The number of ether oxygens (including phenoxy) is 1. The number of rotatable bonds is 3. The number of alkyl halides is 3. The molecule has 2 aromatic rings. The van der Waals surface area contributed by atoms with Crippen LogP contribution < -0.4 is 10.1 Å². The van der Waals surface area contributed by atoms with Crippen molar-refractivity contribution in [3.8, 4) is 5.75 Å². The molecule has 1 saturated heterocycles. The van der Waals surface area contributed by atoms with E-state index in [9.17, 15) is 22.8 Å². The second-order valence-electron chi connectivity index (χ2n) is 8.25. The highest BCUT2D eigenvalue weighted by Crippen LogP contribution is 2.40. The van der Waals surface area contributed by atoms with E-state index in [1.54, 1.807) is 36.1 Å². The van der Waals surface area contributed by atoms with Crippen LogP contribution >= 0.6 is 11.6 Å². The van der Waals surface area contributed by atoms with Gasteiger partial charge in [0.25, 0.3) is 11.7 Å². The zero-order valence-electron chi connectivity index (χ0n) is 17.6. The largest absolute Gasteiger partial charge is 0.495 e. The van der Waals surface area contributed by atoms with Crippen molar-refractivity contribution in [3.63, 3.8) is 0 Å². The maximum atomic E-state index is 13.1. The molecule has 3 heterocycles. The summed E-state index contributed by atoms with van der Waals surface area (Å²) in [5.41, 5.74) is 0.166.